The van der Waals surface area contributed by atoms with Crippen LogP contribution in [0.15, 0.2) is 5.38 Å². The molecule has 1 aliphatic heterocycles. The molecule has 1 fully saturated rings. The zero-order valence-corrected chi connectivity index (χ0v) is 11.0. The summed E-state index contributed by atoms with van der Waals surface area (Å²) in [5.74, 6) is 0.867. The number of nitrogens with zero attached hydrogens (tertiary/aromatic N) is 2. The van der Waals surface area contributed by atoms with Crippen molar-refractivity contribution in [3.05, 3.63) is 16.1 Å². The molecule has 1 aliphatic rings. The van der Waals surface area contributed by atoms with Crippen molar-refractivity contribution >= 4 is 11.3 Å². The van der Waals surface area contributed by atoms with Gasteiger partial charge < -0.3 is 10.2 Å². The average Bonchev–Trinajstić information content (AvgIpc) is 2.65. The summed E-state index contributed by atoms with van der Waals surface area (Å²) in [6, 6.07) is 0. The molecule has 3 nitrogen and oxygen atoms in total. The maximum atomic E-state index is 4.51. The van der Waals surface area contributed by atoms with Crippen LogP contribution >= 0.6 is 11.3 Å². The molecule has 0 spiro atoms. The molecule has 90 valence electrons. The fourth-order valence-electron chi connectivity index (χ4n) is 2.33. The molecule has 16 heavy (non-hydrogen) atoms. The topological polar surface area (TPSA) is 28.2 Å². The molecule has 0 saturated carbocycles. The third-order valence-electron chi connectivity index (χ3n) is 3.13. The van der Waals surface area contributed by atoms with Crippen molar-refractivity contribution in [2.75, 3.05) is 26.7 Å². The number of nitrogens with one attached hydrogen (secondary N) is 1. The lowest BCUT2D eigenvalue weighted by atomic mass is 9.98. The predicted molar refractivity (Wildman–Crippen MR) is 68.8 cm³/mol. The lowest BCUT2D eigenvalue weighted by molar-refractivity contribution is 0.233. The smallest absolute Gasteiger partial charge is 0.0897 e. The average molecular weight is 239 g/mol. The van der Waals surface area contributed by atoms with Crippen LogP contribution in [0.5, 0.6) is 0 Å². The number of rotatable bonds is 4. The van der Waals surface area contributed by atoms with Crippen molar-refractivity contribution in [3.63, 3.8) is 0 Å². The van der Waals surface area contributed by atoms with E-state index in [0.29, 0.717) is 0 Å². The van der Waals surface area contributed by atoms with Crippen LogP contribution in [0.3, 0.4) is 0 Å². The molecular weight excluding hydrogens is 218 g/mol. The zero-order chi connectivity index (χ0) is 11.4. The Morgan fingerprint density at radius 3 is 2.88 bits per heavy atom. The van der Waals surface area contributed by atoms with Gasteiger partial charge in [0, 0.05) is 18.5 Å². The van der Waals surface area contributed by atoms with E-state index in [1.807, 2.05) is 0 Å². The van der Waals surface area contributed by atoms with Crippen LogP contribution in [0, 0.1) is 12.8 Å². The van der Waals surface area contributed by atoms with Crippen molar-refractivity contribution in [3.8, 4) is 0 Å². The van der Waals surface area contributed by atoms with Gasteiger partial charge in [0.15, 0.2) is 0 Å². The van der Waals surface area contributed by atoms with E-state index in [1.165, 1.54) is 43.2 Å². The molecule has 0 atom stereocenters. The Hall–Kier alpha value is -0.450. The van der Waals surface area contributed by atoms with E-state index < -0.39 is 0 Å². The van der Waals surface area contributed by atoms with Gasteiger partial charge in [0.05, 0.1) is 10.7 Å². The van der Waals surface area contributed by atoms with Gasteiger partial charge in [-0.3, -0.25) is 0 Å². The van der Waals surface area contributed by atoms with Gasteiger partial charge in [-0.2, -0.15) is 0 Å². The first-order chi connectivity index (χ1) is 7.74. The molecule has 2 rings (SSSR count). The third kappa shape index (κ3) is 3.54. The van der Waals surface area contributed by atoms with Gasteiger partial charge in [-0.05, 0) is 45.8 Å². The van der Waals surface area contributed by atoms with E-state index >= 15 is 0 Å². The van der Waals surface area contributed by atoms with Gasteiger partial charge in [0.2, 0.25) is 0 Å². The SMILES string of the molecule is Cc1nc(CN(C)CC2CCNCC2)cs1. The van der Waals surface area contributed by atoms with Crippen molar-refractivity contribution in [2.45, 2.75) is 26.3 Å². The van der Waals surface area contributed by atoms with E-state index in [1.54, 1.807) is 11.3 Å². The summed E-state index contributed by atoms with van der Waals surface area (Å²) < 4.78 is 0. The van der Waals surface area contributed by atoms with Crippen LogP contribution in [-0.2, 0) is 6.54 Å². The Morgan fingerprint density at radius 1 is 1.50 bits per heavy atom. The minimum Gasteiger partial charge on any atom is -0.317 e. The minimum absolute atomic E-state index is 0.867. The largest absolute Gasteiger partial charge is 0.317 e. The van der Waals surface area contributed by atoms with Crippen molar-refractivity contribution < 1.29 is 0 Å². The van der Waals surface area contributed by atoms with Crippen molar-refractivity contribution in [1.29, 1.82) is 0 Å². The molecular formula is C12H21N3S. The van der Waals surface area contributed by atoms with Crippen molar-refractivity contribution in [1.82, 2.24) is 15.2 Å². The lowest BCUT2D eigenvalue weighted by Crippen LogP contribution is -2.34. The van der Waals surface area contributed by atoms with Crippen LogP contribution in [0.4, 0.5) is 0 Å². The van der Waals surface area contributed by atoms with Gasteiger partial charge in [0.25, 0.3) is 0 Å². The summed E-state index contributed by atoms with van der Waals surface area (Å²) in [6.45, 7) is 6.65. The minimum atomic E-state index is 0.867. The summed E-state index contributed by atoms with van der Waals surface area (Å²) >= 11 is 1.74. The molecule has 1 N–H and O–H groups in total. The Kier molecular flexibility index (Phi) is 4.32. The molecule has 0 unspecified atom stereocenters. The maximum Gasteiger partial charge on any atom is 0.0897 e. The van der Waals surface area contributed by atoms with Crippen LogP contribution in [0.25, 0.3) is 0 Å². The molecule has 1 aromatic heterocycles. The number of piperidine rings is 1. The molecule has 4 heteroatoms. The molecule has 0 aromatic carbocycles. The first-order valence-electron chi connectivity index (χ1n) is 6.04. The maximum absolute atomic E-state index is 4.51. The molecule has 1 aromatic rings. The lowest BCUT2D eigenvalue weighted by Gasteiger charge is -2.27. The first kappa shape index (κ1) is 12.0. The van der Waals surface area contributed by atoms with Crippen molar-refractivity contribution in [2.24, 2.45) is 5.92 Å². The molecule has 0 bridgehead atoms. The highest BCUT2D eigenvalue weighted by molar-refractivity contribution is 7.09. The highest BCUT2D eigenvalue weighted by atomic mass is 32.1. The first-order valence-corrected chi connectivity index (χ1v) is 6.92. The Balaban J connectivity index is 1.77. The van der Waals surface area contributed by atoms with Crippen LogP contribution in [-0.4, -0.2) is 36.6 Å². The Morgan fingerprint density at radius 2 is 2.25 bits per heavy atom. The highest BCUT2D eigenvalue weighted by Crippen LogP contribution is 2.15. The monoisotopic (exact) mass is 239 g/mol. The quantitative estimate of drug-likeness (QED) is 0.869. The normalized spacial score (nSPS) is 18.2. The van der Waals surface area contributed by atoms with Crippen LogP contribution in [0.2, 0.25) is 0 Å². The summed E-state index contributed by atoms with van der Waals surface area (Å²) in [5.41, 5.74) is 1.22. The van der Waals surface area contributed by atoms with Crippen LogP contribution in [0.1, 0.15) is 23.5 Å². The fraction of sp³-hybridized carbons (Fsp3) is 0.750. The fourth-order valence-corrected chi connectivity index (χ4v) is 2.93. The highest BCUT2D eigenvalue weighted by Gasteiger charge is 2.15. The molecule has 1 saturated heterocycles. The van der Waals surface area contributed by atoms with Crippen LogP contribution < -0.4 is 5.32 Å². The second-order valence-electron chi connectivity index (χ2n) is 4.75. The van der Waals surface area contributed by atoms with E-state index in [0.717, 1.165) is 12.5 Å². The zero-order valence-electron chi connectivity index (χ0n) is 10.2. The number of hydrogen-bond acceptors (Lipinski definition) is 4. The van der Waals surface area contributed by atoms with Gasteiger partial charge in [-0.25, -0.2) is 4.98 Å². The second kappa shape index (κ2) is 5.75. The van der Waals surface area contributed by atoms with E-state index in [9.17, 15) is 0 Å². The van der Waals surface area contributed by atoms with E-state index in [-0.39, 0.29) is 0 Å². The summed E-state index contributed by atoms with van der Waals surface area (Å²) in [5, 5.41) is 6.76. The number of aryl methyl sites for hydroxylation is 1. The summed E-state index contributed by atoms with van der Waals surface area (Å²) in [6.07, 6.45) is 2.64. The molecule has 0 radical (unpaired) electrons. The summed E-state index contributed by atoms with van der Waals surface area (Å²) in [7, 11) is 2.21. The number of thiazole rings is 1. The standard InChI is InChI=1S/C12H21N3S/c1-10-14-12(9-16-10)8-15(2)7-11-3-5-13-6-4-11/h9,11,13H,3-8H2,1-2H3. The predicted octanol–water partition coefficient (Wildman–Crippen LogP) is 1.88. The van der Waals surface area contributed by atoms with Gasteiger partial charge in [0.1, 0.15) is 0 Å². The van der Waals surface area contributed by atoms with E-state index in [4.69, 9.17) is 0 Å². The van der Waals surface area contributed by atoms with Gasteiger partial charge in [-0.15, -0.1) is 11.3 Å². The van der Waals surface area contributed by atoms with Gasteiger partial charge in [-0.1, -0.05) is 0 Å². The number of aromatic nitrogens is 1. The van der Waals surface area contributed by atoms with E-state index in [2.05, 4.69) is 34.6 Å². The molecule has 0 amide bonds. The summed E-state index contributed by atoms with van der Waals surface area (Å²) in [4.78, 5) is 6.92. The Bertz CT molecular complexity index is 318. The third-order valence-corrected chi connectivity index (χ3v) is 3.95. The van der Waals surface area contributed by atoms with Gasteiger partial charge >= 0.3 is 0 Å². The second-order valence-corrected chi connectivity index (χ2v) is 5.81. The molecule has 0 aliphatic carbocycles. The number of hydrogen-bond donors (Lipinski definition) is 1. The molecule has 2 heterocycles. The Labute approximate surface area is 102 Å².